The number of hydrogen-bond donors (Lipinski definition) is 2. The minimum absolute atomic E-state index is 0.138. The Hall–Kier alpha value is -1.35. The molecule has 1 aromatic carbocycles. The van der Waals surface area contributed by atoms with Crippen LogP contribution < -0.4 is 10.6 Å². The van der Waals surface area contributed by atoms with E-state index in [4.69, 9.17) is 0 Å². The zero-order chi connectivity index (χ0) is 15.8. The minimum atomic E-state index is -0.138. The van der Waals surface area contributed by atoms with Crippen LogP contribution in [-0.4, -0.2) is 24.5 Å². The van der Waals surface area contributed by atoms with E-state index in [1.54, 1.807) is 0 Å². The van der Waals surface area contributed by atoms with Gasteiger partial charge < -0.3 is 10.6 Å². The molecule has 1 aliphatic heterocycles. The second-order valence-corrected chi connectivity index (χ2v) is 7.15. The topological polar surface area (TPSA) is 41.1 Å². The van der Waals surface area contributed by atoms with Crippen LogP contribution in [0.3, 0.4) is 0 Å². The maximum Gasteiger partial charge on any atom is 0.220 e. The average Bonchev–Trinajstić information content (AvgIpc) is 2.53. The number of rotatable bonds is 7. The van der Waals surface area contributed by atoms with E-state index in [0.717, 1.165) is 38.3 Å². The first-order chi connectivity index (χ1) is 10.6. The van der Waals surface area contributed by atoms with Crippen molar-refractivity contribution in [2.75, 3.05) is 13.1 Å². The standard InChI is InChI=1S/C19H30N2O/c1-19(2,13-10-16-6-4-3-5-7-16)21-18(22)9-8-17-11-14-20-15-12-17/h3-7,17,20H,8-15H2,1-2H3,(H,21,22). The van der Waals surface area contributed by atoms with E-state index >= 15 is 0 Å². The van der Waals surface area contributed by atoms with E-state index in [0.29, 0.717) is 6.42 Å². The largest absolute Gasteiger partial charge is 0.351 e. The summed E-state index contributed by atoms with van der Waals surface area (Å²) in [5, 5.41) is 6.58. The molecule has 1 heterocycles. The summed E-state index contributed by atoms with van der Waals surface area (Å²) in [4.78, 5) is 12.2. The van der Waals surface area contributed by atoms with Crippen LogP contribution in [0.2, 0.25) is 0 Å². The van der Waals surface area contributed by atoms with Gasteiger partial charge in [-0.15, -0.1) is 0 Å². The lowest BCUT2D eigenvalue weighted by molar-refractivity contribution is -0.123. The zero-order valence-electron chi connectivity index (χ0n) is 14.0. The van der Waals surface area contributed by atoms with Crippen LogP contribution in [-0.2, 0) is 11.2 Å². The molecule has 0 atom stereocenters. The van der Waals surface area contributed by atoms with Gasteiger partial charge in [-0.2, -0.15) is 0 Å². The van der Waals surface area contributed by atoms with Crippen molar-refractivity contribution in [3.63, 3.8) is 0 Å². The van der Waals surface area contributed by atoms with Crippen molar-refractivity contribution in [3.8, 4) is 0 Å². The molecule has 2 N–H and O–H groups in total. The van der Waals surface area contributed by atoms with Gasteiger partial charge in [-0.1, -0.05) is 30.3 Å². The van der Waals surface area contributed by atoms with Crippen LogP contribution in [0.1, 0.15) is 51.5 Å². The Morgan fingerprint density at radius 3 is 2.59 bits per heavy atom. The molecule has 1 saturated heterocycles. The summed E-state index contributed by atoms with van der Waals surface area (Å²) in [5.74, 6) is 0.927. The molecule has 3 nitrogen and oxygen atoms in total. The molecule has 3 heteroatoms. The second-order valence-electron chi connectivity index (χ2n) is 7.15. The first-order valence-electron chi connectivity index (χ1n) is 8.61. The van der Waals surface area contributed by atoms with E-state index in [1.165, 1.54) is 18.4 Å². The van der Waals surface area contributed by atoms with Crippen molar-refractivity contribution < 1.29 is 4.79 Å². The van der Waals surface area contributed by atoms with Gasteiger partial charge in [-0.05, 0) is 70.5 Å². The van der Waals surface area contributed by atoms with Gasteiger partial charge in [0.15, 0.2) is 0 Å². The molecule has 0 aromatic heterocycles. The molecule has 2 rings (SSSR count). The van der Waals surface area contributed by atoms with E-state index in [2.05, 4.69) is 48.7 Å². The van der Waals surface area contributed by atoms with Crippen LogP contribution in [0.25, 0.3) is 0 Å². The number of hydrogen-bond acceptors (Lipinski definition) is 2. The fourth-order valence-electron chi connectivity index (χ4n) is 3.11. The first kappa shape index (κ1) is 17.0. The highest BCUT2D eigenvalue weighted by atomic mass is 16.1. The van der Waals surface area contributed by atoms with Gasteiger partial charge in [0.2, 0.25) is 5.91 Å². The van der Waals surface area contributed by atoms with Crippen molar-refractivity contribution in [2.24, 2.45) is 5.92 Å². The molecule has 1 aromatic rings. The van der Waals surface area contributed by atoms with Crippen molar-refractivity contribution in [1.29, 1.82) is 0 Å². The van der Waals surface area contributed by atoms with Gasteiger partial charge in [0.25, 0.3) is 0 Å². The average molecular weight is 302 g/mol. The molecule has 122 valence electrons. The summed E-state index contributed by atoms with van der Waals surface area (Å²) >= 11 is 0. The SMILES string of the molecule is CC(C)(CCc1ccccc1)NC(=O)CCC1CCNCC1. The first-order valence-corrected chi connectivity index (χ1v) is 8.61. The normalized spacial score (nSPS) is 16.5. The van der Waals surface area contributed by atoms with E-state index < -0.39 is 0 Å². The Kier molecular flexibility index (Phi) is 6.44. The zero-order valence-corrected chi connectivity index (χ0v) is 14.0. The Balaban J connectivity index is 1.69. The van der Waals surface area contributed by atoms with Crippen molar-refractivity contribution in [2.45, 2.75) is 57.9 Å². The molecule has 0 radical (unpaired) electrons. The molecule has 1 aliphatic rings. The molecule has 0 aliphatic carbocycles. The van der Waals surface area contributed by atoms with Crippen LogP contribution >= 0.6 is 0 Å². The predicted octanol–water partition coefficient (Wildman–Crippen LogP) is 3.29. The maximum atomic E-state index is 12.2. The van der Waals surface area contributed by atoms with Gasteiger partial charge in [-0.25, -0.2) is 0 Å². The summed E-state index contributed by atoms with van der Waals surface area (Å²) in [6, 6.07) is 10.5. The number of benzene rings is 1. The molecule has 22 heavy (non-hydrogen) atoms. The smallest absolute Gasteiger partial charge is 0.220 e. The molecule has 0 saturated carbocycles. The lowest BCUT2D eigenvalue weighted by Gasteiger charge is -2.27. The highest BCUT2D eigenvalue weighted by molar-refractivity contribution is 5.76. The van der Waals surface area contributed by atoms with Gasteiger partial charge in [0.1, 0.15) is 0 Å². The highest BCUT2D eigenvalue weighted by Gasteiger charge is 2.21. The number of amides is 1. The fraction of sp³-hybridized carbons (Fsp3) is 0.632. The Bertz CT molecular complexity index is 450. The Labute approximate surface area is 134 Å². The van der Waals surface area contributed by atoms with Gasteiger partial charge in [0.05, 0.1) is 0 Å². The highest BCUT2D eigenvalue weighted by Crippen LogP contribution is 2.19. The quantitative estimate of drug-likeness (QED) is 0.811. The van der Waals surface area contributed by atoms with E-state index in [9.17, 15) is 4.79 Å². The molecule has 0 spiro atoms. The summed E-state index contributed by atoms with van der Waals surface area (Å²) in [7, 11) is 0. The number of carbonyl (C=O) groups is 1. The Morgan fingerprint density at radius 1 is 1.23 bits per heavy atom. The third kappa shape index (κ3) is 6.18. The summed E-state index contributed by atoms with van der Waals surface area (Å²) in [6.07, 6.45) is 6.09. The maximum absolute atomic E-state index is 12.2. The van der Waals surface area contributed by atoms with Crippen LogP contribution in [0.4, 0.5) is 0 Å². The van der Waals surface area contributed by atoms with Crippen LogP contribution in [0, 0.1) is 5.92 Å². The van der Waals surface area contributed by atoms with Crippen molar-refractivity contribution >= 4 is 5.91 Å². The molecular formula is C19H30N2O. The summed E-state index contributed by atoms with van der Waals surface area (Å²) in [5.41, 5.74) is 1.20. The number of piperidine rings is 1. The molecule has 1 fully saturated rings. The summed E-state index contributed by atoms with van der Waals surface area (Å²) < 4.78 is 0. The molecule has 0 unspecified atom stereocenters. The summed E-state index contributed by atoms with van der Waals surface area (Å²) in [6.45, 7) is 6.46. The second kappa shape index (κ2) is 8.33. The van der Waals surface area contributed by atoms with Gasteiger partial charge in [-0.3, -0.25) is 4.79 Å². The lowest BCUT2D eigenvalue weighted by atomic mass is 9.92. The molecule has 0 bridgehead atoms. The number of aryl methyl sites for hydroxylation is 1. The van der Waals surface area contributed by atoms with E-state index in [-0.39, 0.29) is 11.4 Å². The van der Waals surface area contributed by atoms with Gasteiger partial charge >= 0.3 is 0 Å². The van der Waals surface area contributed by atoms with Crippen LogP contribution in [0.5, 0.6) is 0 Å². The number of carbonyl (C=O) groups excluding carboxylic acids is 1. The van der Waals surface area contributed by atoms with Crippen LogP contribution in [0.15, 0.2) is 30.3 Å². The van der Waals surface area contributed by atoms with Crippen molar-refractivity contribution in [1.82, 2.24) is 10.6 Å². The van der Waals surface area contributed by atoms with E-state index in [1.807, 2.05) is 6.07 Å². The monoisotopic (exact) mass is 302 g/mol. The third-order valence-corrected chi connectivity index (χ3v) is 4.60. The third-order valence-electron chi connectivity index (χ3n) is 4.60. The fourth-order valence-corrected chi connectivity index (χ4v) is 3.11. The molecule has 1 amide bonds. The Morgan fingerprint density at radius 2 is 1.91 bits per heavy atom. The minimum Gasteiger partial charge on any atom is -0.351 e. The van der Waals surface area contributed by atoms with Gasteiger partial charge in [0, 0.05) is 12.0 Å². The predicted molar refractivity (Wildman–Crippen MR) is 91.8 cm³/mol. The lowest BCUT2D eigenvalue weighted by Crippen LogP contribution is -2.43. The molecular weight excluding hydrogens is 272 g/mol. The number of nitrogens with one attached hydrogen (secondary N) is 2. The van der Waals surface area contributed by atoms with Crippen molar-refractivity contribution in [3.05, 3.63) is 35.9 Å².